The van der Waals surface area contributed by atoms with Gasteiger partial charge in [0, 0.05) is 0 Å². The fraction of sp³-hybridized carbons (Fsp3) is 0.222. The van der Waals surface area contributed by atoms with Crippen LogP contribution in [0.25, 0.3) is 0 Å². The molecule has 0 aliphatic heterocycles. The average molecular weight is 184 g/mol. The predicted octanol–water partition coefficient (Wildman–Crippen LogP) is 1.11. The maximum Gasteiger partial charge on any atom is 0.340 e. The van der Waals surface area contributed by atoms with Crippen molar-refractivity contribution in [2.75, 3.05) is 0 Å². The molecule has 0 bridgehead atoms. The molecule has 0 radical (unpaired) electrons. The van der Waals surface area contributed by atoms with Crippen molar-refractivity contribution in [3.63, 3.8) is 0 Å². The lowest BCUT2D eigenvalue weighted by Gasteiger charge is -2.05. The van der Waals surface area contributed by atoms with Crippen LogP contribution >= 0.6 is 0 Å². The molecule has 1 rings (SSSR count). The number of hydrogen-bond acceptors (Lipinski definition) is 3. The summed E-state index contributed by atoms with van der Waals surface area (Å²) < 4.78 is 17.4. The molecule has 0 spiro atoms. The van der Waals surface area contributed by atoms with Gasteiger partial charge in [0.25, 0.3) is 0 Å². The molecule has 1 aromatic rings. The third kappa shape index (κ3) is 2.52. The molecule has 1 N–H and O–H groups in total. The molecule has 0 aromatic heterocycles. The summed E-state index contributed by atoms with van der Waals surface area (Å²) in [5.74, 6) is -1.67. The maximum absolute atomic E-state index is 12.9. The van der Waals surface area contributed by atoms with Gasteiger partial charge in [-0.25, -0.2) is 9.18 Å². The zero-order valence-electron chi connectivity index (χ0n) is 7.03. The Kier molecular flexibility index (Phi) is 2.97. The van der Waals surface area contributed by atoms with Gasteiger partial charge in [-0.2, -0.15) is 0 Å². The molecular weight excluding hydrogens is 175 g/mol. The van der Waals surface area contributed by atoms with Crippen molar-refractivity contribution in [2.45, 2.75) is 13.0 Å². The Morgan fingerprint density at radius 1 is 1.54 bits per heavy atom. The number of hydrogen-bond donors (Lipinski definition) is 1. The summed E-state index contributed by atoms with van der Waals surface area (Å²) in [6.45, 7) is 1.25. The van der Waals surface area contributed by atoms with Gasteiger partial charge in [0.15, 0.2) is 11.6 Å². The number of esters is 1. The first-order valence-corrected chi connectivity index (χ1v) is 3.75. The maximum atomic E-state index is 12.9. The Morgan fingerprint density at radius 3 is 2.69 bits per heavy atom. The van der Waals surface area contributed by atoms with Gasteiger partial charge in [0.1, 0.15) is 6.10 Å². The lowest BCUT2D eigenvalue weighted by molar-refractivity contribution is -0.142. The second-order valence-corrected chi connectivity index (χ2v) is 2.53. The molecule has 1 aromatic carbocycles. The smallest absolute Gasteiger partial charge is 0.340 e. The first-order valence-electron chi connectivity index (χ1n) is 3.75. The van der Waals surface area contributed by atoms with Crippen LogP contribution in [0.1, 0.15) is 6.92 Å². The van der Waals surface area contributed by atoms with Crippen LogP contribution in [0, 0.1) is 5.82 Å². The number of carbonyl (C=O) groups is 1. The van der Waals surface area contributed by atoms with E-state index in [0.717, 1.165) is 0 Å². The second-order valence-electron chi connectivity index (χ2n) is 2.53. The Hall–Kier alpha value is -1.42. The van der Waals surface area contributed by atoms with E-state index in [1.54, 1.807) is 0 Å². The van der Waals surface area contributed by atoms with E-state index in [2.05, 4.69) is 4.74 Å². The molecule has 0 saturated heterocycles. The van der Waals surface area contributed by atoms with Crippen molar-refractivity contribution in [3.8, 4) is 5.75 Å². The molecule has 0 saturated carbocycles. The topological polar surface area (TPSA) is 46.5 Å². The van der Waals surface area contributed by atoms with E-state index in [4.69, 9.17) is 5.11 Å². The van der Waals surface area contributed by atoms with E-state index >= 15 is 0 Å². The van der Waals surface area contributed by atoms with Crippen LogP contribution in [-0.4, -0.2) is 17.2 Å². The molecule has 0 heterocycles. The van der Waals surface area contributed by atoms with Gasteiger partial charge >= 0.3 is 5.97 Å². The highest BCUT2D eigenvalue weighted by molar-refractivity contribution is 5.76. The molecule has 4 heteroatoms. The van der Waals surface area contributed by atoms with Crippen molar-refractivity contribution >= 4 is 5.97 Å². The van der Waals surface area contributed by atoms with Crippen LogP contribution in [0.15, 0.2) is 24.3 Å². The number of para-hydroxylation sites is 1. The highest BCUT2D eigenvalue weighted by atomic mass is 19.1. The molecule has 70 valence electrons. The van der Waals surface area contributed by atoms with Gasteiger partial charge < -0.3 is 9.84 Å². The van der Waals surface area contributed by atoms with Crippen LogP contribution < -0.4 is 4.74 Å². The minimum Gasteiger partial charge on any atom is -0.421 e. The van der Waals surface area contributed by atoms with E-state index in [0.29, 0.717) is 0 Å². The largest absolute Gasteiger partial charge is 0.421 e. The average Bonchev–Trinajstić information content (AvgIpc) is 2.08. The van der Waals surface area contributed by atoms with Crippen molar-refractivity contribution in [1.29, 1.82) is 0 Å². The van der Waals surface area contributed by atoms with Gasteiger partial charge in [-0.1, -0.05) is 12.1 Å². The third-order valence-electron chi connectivity index (χ3n) is 1.39. The molecule has 0 aliphatic rings. The molecule has 1 atom stereocenters. The van der Waals surface area contributed by atoms with E-state index in [9.17, 15) is 9.18 Å². The summed E-state index contributed by atoms with van der Waals surface area (Å²) in [6.07, 6.45) is -1.25. The highest BCUT2D eigenvalue weighted by Gasteiger charge is 2.13. The summed E-state index contributed by atoms with van der Waals surface area (Å²) in [4.78, 5) is 10.8. The van der Waals surface area contributed by atoms with E-state index < -0.39 is 17.9 Å². The number of aliphatic hydroxyl groups is 1. The van der Waals surface area contributed by atoms with Gasteiger partial charge in [-0.15, -0.1) is 0 Å². The summed E-state index contributed by atoms with van der Waals surface area (Å²) in [5, 5.41) is 8.78. The van der Waals surface area contributed by atoms with Crippen molar-refractivity contribution in [1.82, 2.24) is 0 Å². The Labute approximate surface area is 74.8 Å². The van der Waals surface area contributed by atoms with Crippen LogP contribution in [0.3, 0.4) is 0 Å². The van der Waals surface area contributed by atoms with E-state index in [-0.39, 0.29) is 5.75 Å². The quantitative estimate of drug-likeness (QED) is 0.553. The lowest BCUT2D eigenvalue weighted by atomic mass is 10.3. The monoisotopic (exact) mass is 184 g/mol. The molecule has 3 nitrogen and oxygen atoms in total. The third-order valence-corrected chi connectivity index (χ3v) is 1.39. The number of aliphatic hydroxyl groups excluding tert-OH is 1. The van der Waals surface area contributed by atoms with Crippen molar-refractivity contribution in [2.24, 2.45) is 0 Å². The summed E-state index contributed by atoms with van der Waals surface area (Å²) in [5.41, 5.74) is 0. The van der Waals surface area contributed by atoms with Crippen molar-refractivity contribution < 1.29 is 19.0 Å². The summed E-state index contributed by atoms with van der Waals surface area (Å²) in [6, 6.07) is 5.50. The Morgan fingerprint density at radius 2 is 2.15 bits per heavy atom. The number of halogens is 1. The van der Waals surface area contributed by atoms with E-state index in [1.807, 2.05) is 0 Å². The molecule has 0 amide bonds. The fourth-order valence-corrected chi connectivity index (χ4v) is 0.721. The van der Waals surface area contributed by atoms with Crippen LogP contribution in [-0.2, 0) is 4.79 Å². The van der Waals surface area contributed by atoms with Crippen LogP contribution in [0.4, 0.5) is 4.39 Å². The molecule has 0 aliphatic carbocycles. The summed E-state index contributed by atoms with van der Waals surface area (Å²) >= 11 is 0. The zero-order chi connectivity index (χ0) is 9.84. The first kappa shape index (κ1) is 9.67. The van der Waals surface area contributed by atoms with Gasteiger partial charge in [-0.3, -0.25) is 0 Å². The fourth-order valence-electron chi connectivity index (χ4n) is 0.721. The van der Waals surface area contributed by atoms with Crippen LogP contribution in [0.2, 0.25) is 0 Å². The summed E-state index contributed by atoms with van der Waals surface area (Å²) in [7, 11) is 0. The first-order chi connectivity index (χ1) is 6.11. The number of benzene rings is 1. The van der Waals surface area contributed by atoms with Crippen LogP contribution in [0.5, 0.6) is 5.75 Å². The van der Waals surface area contributed by atoms with Gasteiger partial charge in [0.2, 0.25) is 0 Å². The Bertz CT molecular complexity index is 309. The number of ether oxygens (including phenoxy) is 1. The predicted molar refractivity (Wildman–Crippen MR) is 43.7 cm³/mol. The minimum atomic E-state index is -1.25. The SMILES string of the molecule is C[C@H](O)C(=O)Oc1ccccc1F. The molecule has 13 heavy (non-hydrogen) atoms. The van der Waals surface area contributed by atoms with Gasteiger partial charge in [0.05, 0.1) is 0 Å². The Balaban J connectivity index is 2.75. The standard InChI is InChI=1S/C9H9FO3/c1-6(11)9(12)13-8-5-3-2-4-7(8)10/h2-6,11H,1H3/t6-/m0/s1. The molecule has 0 fully saturated rings. The molecule has 0 unspecified atom stereocenters. The van der Waals surface area contributed by atoms with E-state index in [1.165, 1.54) is 31.2 Å². The number of carbonyl (C=O) groups excluding carboxylic acids is 1. The zero-order valence-corrected chi connectivity index (χ0v) is 7.03. The minimum absolute atomic E-state index is 0.173. The lowest BCUT2D eigenvalue weighted by Crippen LogP contribution is -2.22. The normalized spacial score (nSPS) is 12.2. The molecular formula is C9H9FO3. The highest BCUT2D eigenvalue weighted by Crippen LogP contribution is 2.15. The van der Waals surface area contributed by atoms with Gasteiger partial charge in [-0.05, 0) is 19.1 Å². The number of rotatable bonds is 2. The second kappa shape index (κ2) is 4.00. The van der Waals surface area contributed by atoms with Crippen molar-refractivity contribution in [3.05, 3.63) is 30.1 Å².